The number of nitrogens with zero attached hydrogens (tertiary/aromatic N) is 1. The molecule has 0 saturated carbocycles. The molecule has 1 heterocycles. The number of pyridine rings is 1. The molecule has 0 aliphatic heterocycles. The molecule has 0 amide bonds. The van der Waals surface area contributed by atoms with Crippen LogP contribution in [0.5, 0.6) is 5.75 Å². The topological polar surface area (TPSA) is 76.2 Å². The van der Waals surface area contributed by atoms with Gasteiger partial charge < -0.3 is 10.8 Å². The molecule has 1 aromatic carbocycles. The normalized spacial score (nSPS) is 10.0. The molecular formula is C12H10N2O2. The Morgan fingerprint density at radius 2 is 2.06 bits per heavy atom. The number of carbonyl (C=O) groups is 1. The molecule has 3 N–H and O–H groups in total. The molecule has 0 unspecified atom stereocenters. The van der Waals surface area contributed by atoms with E-state index in [-0.39, 0.29) is 17.1 Å². The molecule has 4 heteroatoms. The number of hydrogen-bond donors (Lipinski definition) is 2. The molecule has 2 aromatic rings. The molecule has 0 fully saturated rings. The first-order valence-corrected chi connectivity index (χ1v) is 4.72. The van der Waals surface area contributed by atoms with Gasteiger partial charge in [0.1, 0.15) is 11.4 Å². The van der Waals surface area contributed by atoms with E-state index < -0.39 is 0 Å². The quantitative estimate of drug-likeness (QED) is 0.452. The van der Waals surface area contributed by atoms with Crippen LogP contribution in [0, 0.1) is 0 Å². The van der Waals surface area contributed by atoms with Crippen molar-refractivity contribution in [3.05, 3.63) is 53.9 Å². The average molecular weight is 214 g/mol. The highest BCUT2D eigenvalue weighted by Crippen LogP contribution is 2.20. The van der Waals surface area contributed by atoms with E-state index in [4.69, 9.17) is 5.73 Å². The van der Waals surface area contributed by atoms with Crippen LogP contribution in [-0.4, -0.2) is 15.9 Å². The Morgan fingerprint density at radius 1 is 1.25 bits per heavy atom. The molecule has 0 saturated heterocycles. The Hall–Kier alpha value is -2.36. The van der Waals surface area contributed by atoms with Gasteiger partial charge in [0.25, 0.3) is 0 Å². The highest BCUT2D eigenvalue weighted by Gasteiger charge is 2.13. The van der Waals surface area contributed by atoms with Crippen molar-refractivity contribution in [2.75, 3.05) is 5.73 Å². The maximum absolute atomic E-state index is 12.0. The summed E-state index contributed by atoms with van der Waals surface area (Å²) in [6, 6.07) is 9.32. The predicted octanol–water partition coefficient (Wildman–Crippen LogP) is 1.60. The number of carbonyl (C=O) groups excluding carboxylic acids is 1. The largest absolute Gasteiger partial charge is 0.508 e. The van der Waals surface area contributed by atoms with Gasteiger partial charge in [0.05, 0.1) is 5.56 Å². The van der Waals surface area contributed by atoms with Crippen LogP contribution in [0.2, 0.25) is 0 Å². The van der Waals surface area contributed by atoms with Crippen LogP contribution >= 0.6 is 0 Å². The molecular weight excluding hydrogens is 204 g/mol. The number of aromatic hydroxyl groups is 1. The zero-order valence-corrected chi connectivity index (χ0v) is 8.42. The number of hydrogen-bond acceptors (Lipinski definition) is 4. The van der Waals surface area contributed by atoms with E-state index in [0.717, 1.165) is 0 Å². The monoisotopic (exact) mass is 214 g/mol. The minimum absolute atomic E-state index is 0.00785. The van der Waals surface area contributed by atoms with Gasteiger partial charge in [0.15, 0.2) is 0 Å². The number of ketones is 1. The highest BCUT2D eigenvalue weighted by atomic mass is 16.3. The molecule has 0 spiro atoms. The van der Waals surface area contributed by atoms with Gasteiger partial charge in [0.2, 0.25) is 5.78 Å². The molecule has 16 heavy (non-hydrogen) atoms. The fourth-order valence-corrected chi connectivity index (χ4v) is 1.38. The summed E-state index contributed by atoms with van der Waals surface area (Å²) in [4.78, 5) is 15.9. The third-order valence-electron chi connectivity index (χ3n) is 2.18. The Bertz CT molecular complexity index is 524. The van der Waals surface area contributed by atoms with Gasteiger partial charge in [-0.3, -0.25) is 9.78 Å². The zero-order valence-electron chi connectivity index (χ0n) is 8.42. The van der Waals surface area contributed by atoms with Crippen LogP contribution in [0.25, 0.3) is 0 Å². The zero-order chi connectivity index (χ0) is 11.5. The maximum Gasteiger partial charge on any atom is 0.213 e. The minimum atomic E-state index is -0.297. The second-order valence-corrected chi connectivity index (χ2v) is 3.32. The van der Waals surface area contributed by atoms with E-state index in [9.17, 15) is 9.90 Å². The van der Waals surface area contributed by atoms with Gasteiger partial charge in [-0.25, -0.2) is 0 Å². The summed E-state index contributed by atoms with van der Waals surface area (Å²) < 4.78 is 0. The lowest BCUT2D eigenvalue weighted by Crippen LogP contribution is -2.06. The fraction of sp³-hybridized carbons (Fsp3) is 0. The lowest BCUT2D eigenvalue weighted by atomic mass is 10.1. The highest BCUT2D eigenvalue weighted by molar-refractivity contribution is 6.11. The van der Waals surface area contributed by atoms with Gasteiger partial charge >= 0.3 is 0 Å². The van der Waals surface area contributed by atoms with Gasteiger partial charge in [-0.15, -0.1) is 0 Å². The lowest BCUT2D eigenvalue weighted by molar-refractivity contribution is 0.103. The van der Waals surface area contributed by atoms with Gasteiger partial charge in [-0.05, 0) is 30.3 Å². The van der Waals surface area contributed by atoms with Crippen molar-refractivity contribution < 1.29 is 9.90 Å². The molecule has 1 aromatic heterocycles. The van der Waals surface area contributed by atoms with Crippen molar-refractivity contribution in [2.45, 2.75) is 0 Å². The molecule has 2 rings (SSSR count). The minimum Gasteiger partial charge on any atom is -0.508 e. The standard InChI is InChI=1S/C12H10N2O2/c13-10-5-4-8(15)7-9(10)12(16)11-3-1-2-6-14-11/h1-7,15H,13H2. The van der Waals surface area contributed by atoms with Gasteiger partial charge in [0, 0.05) is 11.9 Å². The third-order valence-corrected chi connectivity index (χ3v) is 2.18. The van der Waals surface area contributed by atoms with Crippen molar-refractivity contribution in [3.8, 4) is 5.75 Å². The summed E-state index contributed by atoms with van der Waals surface area (Å²) in [5.74, 6) is -0.289. The third kappa shape index (κ3) is 1.86. The number of phenols is 1. The summed E-state index contributed by atoms with van der Waals surface area (Å²) in [5, 5.41) is 9.31. The number of nitrogen functional groups attached to an aromatic ring is 1. The number of rotatable bonds is 2. The number of anilines is 1. The van der Waals surface area contributed by atoms with Crippen LogP contribution in [-0.2, 0) is 0 Å². The van der Waals surface area contributed by atoms with Crippen molar-refractivity contribution in [2.24, 2.45) is 0 Å². The van der Waals surface area contributed by atoms with Crippen molar-refractivity contribution in [1.29, 1.82) is 0 Å². The maximum atomic E-state index is 12.0. The fourth-order valence-electron chi connectivity index (χ4n) is 1.38. The van der Waals surface area contributed by atoms with Gasteiger partial charge in [-0.1, -0.05) is 6.07 Å². The SMILES string of the molecule is Nc1ccc(O)cc1C(=O)c1ccccn1. The molecule has 4 nitrogen and oxygen atoms in total. The first-order valence-electron chi connectivity index (χ1n) is 4.72. The number of phenolic OH excluding ortho intramolecular Hbond substituents is 1. The molecule has 80 valence electrons. The molecule has 0 bridgehead atoms. The summed E-state index contributed by atoms with van der Waals surface area (Å²) >= 11 is 0. The summed E-state index contributed by atoms with van der Waals surface area (Å²) in [7, 11) is 0. The van der Waals surface area contributed by atoms with Crippen molar-refractivity contribution >= 4 is 11.5 Å². The predicted molar refractivity (Wildman–Crippen MR) is 60.2 cm³/mol. The summed E-state index contributed by atoms with van der Waals surface area (Å²) in [6.45, 7) is 0. The lowest BCUT2D eigenvalue weighted by Gasteiger charge is -2.04. The van der Waals surface area contributed by atoms with Crippen LogP contribution in [0.15, 0.2) is 42.6 Å². The Labute approximate surface area is 92.4 Å². The van der Waals surface area contributed by atoms with E-state index in [1.165, 1.54) is 24.4 Å². The second kappa shape index (κ2) is 4.02. The number of benzene rings is 1. The van der Waals surface area contributed by atoms with E-state index in [1.54, 1.807) is 18.2 Å². The Kier molecular flexibility index (Phi) is 2.55. The first-order chi connectivity index (χ1) is 7.68. The van der Waals surface area contributed by atoms with E-state index >= 15 is 0 Å². The summed E-state index contributed by atoms with van der Waals surface area (Å²) in [5.41, 5.74) is 6.56. The molecule has 0 aliphatic rings. The smallest absolute Gasteiger partial charge is 0.213 e. The molecule has 0 atom stereocenters. The van der Waals surface area contributed by atoms with Crippen LogP contribution < -0.4 is 5.73 Å². The Balaban J connectivity index is 2.46. The Morgan fingerprint density at radius 3 is 2.75 bits per heavy atom. The summed E-state index contributed by atoms with van der Waals surface area (Å²) in [6.07, 6.45) is 1.53. The second-order valence-electron chi connectivity index (χ2n) is 3.32. The van der Waals surface area contributed by atoms with E-state index in [2.05, 4.69) is 4.98 Å². The number of aromatic nitrogens is 1. The molecule has 0 aliphatic carbocycles. The van der Waals surface area contributed by atoms with Crippen molar-refractivity contribution in [3.63, 3.8) is 0 Å². The van der Waals surface area contributed by atoms with E-state index in [0.29, 0.717) is 11.4 Å². The average Bonchev–Trinajstić information content (AvgIpc) is 2.32. The van der Waals surface area contributed by atoms with Crippen LogP contribution in [0.3, 0.4) is 0 Å². The number of nitrogens with two attached hydrogens (primary N) is 1. The van der Waals surface area contributed by atoms with Crippen LogP contribution in [0.1, 0.15) is 16.1 Å². The van der Waals surface area contributed by atoms with Crippen LogP contribution in [0.4, 0.5) is 5.69 Å². The van der Waals surface area contributed by atoms with Gasteiger partial charge in [-0.2, -0.15) is 0 Å². The first kappa shape index (κ1) is 10.2. The van der Waals surface area contributed by atoms with E-state index in [1.807, 2.05) is 0 Å². The van der Waals surface area contributed by atoms with Crippen molar-refractivity contribution in [1.82, 2.24) is 4.98 Å². The molecule has 0 radical (unpaired) electrons.